The second-order valence-electron chi connectivity index (χ2n) is 14.7. The fourth-order valence-electron chi connectivity index (χ4n) is 7.35. The van der Waals surface area contributed by atoms with E-state index in [0.29, 0.717) is 26.6 Å². The van der Waals surface area contributed by atoms with Crippen molar-refractivity contribution in [3.05, 3.63) is 69.9 Å². The van der Waals surface area contributed by atoms with Crippen LogP contribution in [0.15, 0.2) is 53.5 Å². The van der Waals surface area contributed by atoms with Gasteiger partial charge in [-0.15, -0.1) is 0 Å². The summed E-state index contributed by atoms with van der Waals surface area (Å²) in [5.74, 6) is -6.03. The molecule has 346 valence electrons. The highest BCUT2D eigenvalue weighted by atomic mass is 35.5. The highest BCUT2D eigenvalue weighted by Gasteiger charge is 2.58. The van der Waals surface area contributed by atoms with Gasteiger partial charge < -0.3 is 57.5 Å². The van der Waals surface area contributed by atoms with Crippen molar-refractivity contribution in [2.45, 2.75) is 110 Å². The van der Waals surface area contributed by atoms with Crippen molar-refractivity contribution in [3.63, 3.8) is 0 Å². The van der Waals surface area contributed by atoms with Gasteiger partial charge in [-0.2, -0.15) is 4.74 Å². The number of hydrogen-bond acceptors (Lipinski definition) is 20. The molecule has 0 bridgehead atoms. The van der Waals surface area contributed by atoms with E-state index in [1.54, 1.807) is 48.5 Å². The van der Waals surface area contributed by atoms with Gasteiger partial charge in [-0.1, -0.05) is 29.8 Å². The van der Waals surface area contributed by atoms with E-state index in [-0.39, 0.29) is 11.5 Å². The quantitative estimate of drug-likeness (QED) is 0.121. The van der Waals surface area contributed by atoms with Crippen LogP contribution in [0.25, 0.3) is 0 Å². The first kappa shape index (κ1) is 48.9. The topological polar surface area (TPSA) is 253 Å². The lowest BCUT2D eigenvalue weighted by Gasteiger charge is -2.50. The molecule has 5 rings (SSSR count). The predicted octanol–water partition coefficient (Wildman–Crippen LogP) is 2.28. The molecule has 0 amide bonds. The Kier molecular flexibility index (Phi) is 16.4. The molecule has 0 aliphatic carbocycles. The normalized spacial score (nSPS) is 26.4. The van der Waals surface area contributed by atoms with E-state index in [9.17, 15) is 38.8 Å². The number of halogens is 1. The Morgan fingerprint density at radius 3 is 1.72 bits per heavy atom. The molecule has 21 nitrogen and oxygen atoms in total. The number of fused-ring (bicyclic) bond motifs is 1. The molecule has 2 saturated heterocycles. The molecule has 0 saturated carbocycles. The summed E-state index contributed by atoms with van der Waals surface area (Å²) in [5, 5.41) is 14.5. The van der Waals surface area contributed by atoms with Crippen LogP contribution in [-0.4, -0.2) is 151 Å². The van der Waals surface area contributed by atoms with Crippen molar-refractivity contribution in [3.8, 4) is 0 Å². The molecular formula is C42H48ClN3O18. The lowest BCUT2D eigenvalue weighted by Crippen LogP contribution is -2.69. The molecule has 22 heteroatoms. The van der Waals surface area contributed by atoms with Crippen molar-refractivity contribution in [1.82, 2.24) is 4.90 Å². The minimum atomic E-state index is -1.87. The molecule has 2 aromatic carbocycles. The number of hydroxylamine groups is 1. The summed E-state index contributed by atoms with van der Waals surface area (Å²) in [7, 11) is 1.48. The number of likely N-dealkylation sites (N-methyl/N-ethyl adjacent to an activating group) is 1. The zero-order chi connectivity index (χ0) is 47.0. The summed E-state index contributed by atoms with van der Waals surface area (Å²) in [4.78, 5) is 93.9. The molecule has 3 aliphatic heterocycles. The van der Waals surface area contributed by atoms with E-state index in [4.69, 9.17) is 64.0 Å². The van der Waals surface area contributed by atoms with Gasteiger partial charge in [-0.05, 0) is 30.3 Å². The highest BCUT2D eigenvalue weighted by molar-refractivity contribution is 6.31. The van der Waals surface area contributed by atoms with Crippen LogP contribution >= 0.6 is 11.6 Å². The number of nitrogens with zero attached hydrogens (tertiary/aromatic N) is 3. The first-order valence-corrected chi connectivity index (χ1v) is 20.2. The first-order valence-electron chi connectivity index (χ1n) is 19.8. The number of rotatable bonds is 13. The van der Waals surface area contributed by atoms with Gasteiger partial charge >= 0.3 is 41.8 Å². The average molecular weight is 918 g/mol. The van der Waals surface area contributed by atoms with Gasteiger partial charge in [0.05, 0.1) is 11.3 Å². The zero-order valence-electron chi connectivity index (χ0n) is 36.1. The van der Waals surface area contributed by atoms with Crippen molar-refractivity contribution in [2.24, 2.45) is 4.99 Å². The Morgan fingerprint density at radius 2 is 1.17 bits per heavy atom. The number of ether oxygens (including phenoxy) is 10. The summed E-state index contributed by atoms with van der Waals surface area (Å²) in [6.07, 6.45) is -16.3. The minimum Gasteiger partial charge on any atom is -0.623 e. The SMILES string of the molecule is CC(=O)OC[C@H]1O[C@@H](O[C@H]2[C@H](OC(C)=O)[C@@H](OC(C)=O)C(N(C)C3=Nc4ccc(Cl)cc4C(c4ccccc4)=[N+]([O-])C3)O[C@@H]2COC(C)=O)[C@H](OC(C)=O)[C@@H](OC(C)=O)[C@H]1OC(C)=O. The second kappa shape index (κ2) is 21.5. The number of benzene rings is 2. The van der Waals surface area contributed by atoms with Crippen LogP contribution in [0.3, 0.4) is 0 Å². The summed E-state index contributed by atoms with van der Waals surface area (Å²) in [5.41, 5.74) is 1.55. The molecule has 0 radical (unpaired) electrons. The molecule has 10 atom stereocenters. The molecule has 0 N–H and O–H groups in total. The van der Waals surface area contributed by atoms with Gasteiger partial charge in [0.15, 0.2) is 48.9 Å². The van der Waals surface area contributed by atoms with Gasteiger partial charge in [0.2, 0.25) is 12.3 Å². The number of carbonyl (C=O) groups excluding carboxylic acids is 7. The monoisotopic (exact) mass is 917 g/mol. The zero-order valence-corrected chi connectivity index (χ0v) is 36.8. The lowest BCUT2D eigenvalue weighted by molar-refractivity contribution is -0.440. The van der Waals surface area contributed by atoms with E-state index >= 15 is 0 Å². The largest absolute Gasteiger partial charge is 0.623 e. The number of hydrogen-bond donors (Lipinski definition) is 0. The van der Waals surface area contributed by atoms with Gasteiger partial charge in [0.25, 0.3) is 0 Å². The lowest BCUT2D eigenvalue weighted by atomic mass is 9.95. The van der Waals surface area contributed by atoms with Crippen molar-refractivity contribution >= 4 is 70.6 Å². The van der Waals surface area contributed by atoms with Crippen LogP contribution in [0.1, 0.15) is 59.6 Å². The van der Waals surface area contributed by atoms with E-state index in [0.717, 1.165) is 48.5 Å². The van der Waals surface area contributed by atoms with Crippen molar-refractivity contribution in [1.29, 1.82) is 0 Å². The Balaban J connectivity index is 1.64. The van der Waals surface area contributed by atoms with Crippen LogP contribution in [0.4, 0.5) is 5.69 Å². The Bertz CT molecular complexity index is 2170. The summed E-state index contributed by atoms with van der Waals surface area (Å²) in [6.45, 7) is 5.80. The third-order valence-corrected chi connectivity index (χ3v) is 9.97. The minimum absolute atomic E-state index is 0.0680. The number of amidine groups is 1. The van der Waals surface area contributed by atoms with Crippen molar-refractivity contribution in [2.75, 3.05) is 26.8 Å². The van der Waals surface area contributed by atoms with Crippen molar-refractivity contribution < 1.29 is 85.7 Å². The summed E-state index contributed by atoms with van der Waals surface area (Å²) in [6, 6.07) is 13.6. The summed E-state index contributed by atoms with van der Waals surface area (Å²) >= 11 is 6.41. The molecule has 2 aromatic rings. The fraction of sp³-hybridized carbons (Fsp3) is 0.500. The molecule has 1 unspecified atom stereocenters. The second-order valence-corrected chi connectivity index (χ2v) is 15.2. The van der Waals surface area contributed by atoms with E-state index in [1.807, 2.05) is 0 Å². The Hall–Kier alpha value is -6.16. The third-order valence-electron chi connectivity index (χ3n) is 9.74. The molecule has 3 heterocycles. The van der Waals surface area contributed by atoms with Crippen LogP contribution in [0.5, 0.6) is 0 Å². The standard InChI is InChI=1S/C42H48ClN3O18/c1-20(47)55-18-31-36(64-42-40(61-26(7)53)38(59-24(5)51)35(57-22(3)49)32(63-42)19-56-21(2)48)37(58-23(4)50)39(60-25(6)52)41(62-31)45(8)33-17-46(54)34(27-12-10-9-11-13-27)29-16-28(43)14-15-30(29)44-33/h9-16,31-32,35-42H,17-19H2,1-8H3/t31-,32-,35+,36-,37+,38+,39-,40-,41?,42+/m1/s1. The Labute approximate surface area is 371 Å². The van der Waals surface area contributed by atoms with Gasteiger partial charge in [0.1, 0.15) is 31.5 Å². The number of esters is 7. The first-order chi connectivity index (χ1) is 30.2. The van der Waals surface area contributed by atoms with Gasteiger partial charge in [0, 0.05) is 66.1 Å². The van der Waals surface area contributed by atoms with E-state index in [1.165, 1.54) is 11.9 Å². The van der Waals surface area contributed by atoms with Crippen LogP contribution < -0.4 is 0 Å². The maximum Gasteiger partial charge on any atom is 0.303 e. The van der Waals surface area contributed by atoms with Crippen LogP contribution in [0.2, 0.25) is 5.02 Å². The highest BCUT2D eigenvalue weighted by Crippen LogP contribution is 2.37. The molecule has 0 aromatic heterocycles. The van der Waals surface area contributed by atoms with Gasteiger partial charge in [-0.3, -0.25) is 33.6 Å². The molecule has 64 heavy (non-hydrogen) atoms. The van der Waals surface area contributed by atoms with E-state index in [2.05, 4.69) is 0 Å². The molecule has 2 fully saturated rings. The van der Waals surface area contributed by atoms with Crippen LogP contribution in [0, 0.1) is 5.21 Å². The maximum absolute atomic E-state index is 14.2. The molecule has 0 spiro atoms. The maximum atomic E-state index is 14.2. The number of carbonyl (C=O) groups is 7. The van der Waals surface area contributed by atoms with Crippen LogP contribution in [-0.2, 0) is 80.9 Å². The summed E-state index contributed by atoms with van der Waals surface area (Å²) < 4.78 is 58.7. The molecule has 3 aliphatic rings. The smallest absolute Gasteiger partial charge is 0.303 e. The molecular weight excluding hydrogens is 870 g/mol. The van der Waals surface area contributed by atoms with Gasteiger partial charge in [-0.25, -0.2) is 4.99 Å². The van der Waals surface area contributed by atoms with E-state index < -0.39 is 123 Å². The Morgan fingerprint density at radius 1 is 0.672 bits per heavy atom. The predicted molar refractivity (Wildman–Crippen MR) is 218 cm³/mol. The third kappa shape index (κ3) is 12.3. The average Bonchev–Trinajstić information content (AvgIpc) is 3.34. The fourth-order valence-corrected chi connectivity index (χ4v) is 7.52. The number of aliphatic imine (C=N–C) groups is 1.